The van der Waals surface area contributed by atoms with Crippen LogP contribution in [0.15, 0.2) is 11.4 Å². The van der Waals surface area contributed by atoms with Crippen molar-refractivity contribution in [2.45, 2.75) is 38.6 Å². The molecule has 1 N–H and O–H groups in total. The van der Waals surface area contributed by atoms with Crippen molar-refractivity contribution in [1.29, 1.82) is 0 Å². The number of nitrogens with zero attached hydrogens (tertiary/aromatic N) is 1. The lowest BCUT2D eigenvalue weighted by Crippen LogP contribution is -2.34. The first kappa shape index (κ1) is 13.6. The van der Waals surface area contributed by atoms with Crippen LogP contribution in [0.5, 0.6) is 0 Å². The van der Waals surface area contributed by atoms with Crippen molar-refractivity contribution < 1.29 is 4.79 Å². The summed E-state index contributed by atoms with van der Waals surface area (Å²) in [6, 6.07) is 2.82. The average molecular weight is 266 g/mol. The zero-order valence-electron chi connectivity index (χ0n) is 11.4. The molecule has 1 fully saturated rings. The van der Waals surface area contributed by atoms with Gasteiger partial charge < -0.3 is 10.2 Å². The number of likely N-dealkylation sites (N-methyl/N-ethyl adjacent to an activating group) is 1. The van der Waals surface area contributed by atoms with Crippen molar-refractivity contribution in [1.82, 2.24) is 10.2 Å². The van der Waals surface area contributed by atoms with Gasteiger partial charge in [0.15, 0.2) is 0 Å². The summed E-state index contributed by atoms with van der Waals surface area (Å²) in [7, 11) is 2.13. The number of thiophene rings is 1. The second kappa shape index (κ2) is 5.85. The fourth-order valence-electron chi connectivity index (χ4n) is 2.08. The van der Waals surface area contributed by atoms with Gasteiger partial charge in [-0.15, -0.1) is 11.3 Å². The molecular formula is C14H22N2OS. The van der Waals surface area contributed by atoms with Crippen molar-refractivity contribution in [3.05, 3.63) is 21.9 Å². The number of carbonyl (C=O) groups excluding carboxylic acids is 1. The van der Waals surface area contributed by atoms with Crippen molar-refractivity contribution in [3.63, 3.8) is 0 Å². The Kier molecular flexibility index (Phi) is 4.40. The summed E-state index contributed by atoms with van der Waals surface area (Å²) < 4.78 is 0. The molecule has 0 unspecified atom stereocenters. The van der Waals surface area contributed by atoms with E-state index in [0.29, 0.717) is 5.92 Å². The molecule has 0 radical (unpaired) electrons. The maximum absolute atomic E-state index is 12.1. The van der Waals surface area contributed by atoms with Crippen molar-refractivity contribution in [2.75, 3.05) is 20.1 Å². The van der Waals surface area contributed by atoms with Gasteiger partial charge in [-0.05, 0) is 42.8 Å². The minimum absolute atomic E-state index is 0.0814. The highest BCUT2D eigenvalue weighted by Crippen LogP contribution is 2.25. The van der Waals surface area contributed by atoms with E-state index in [1.54, 1.807) is 0 Å². The smallest absolute Gasteiger partial charge is 0.261 e. The summed E-state index contributed by atoms with van der Waals surface area (Å²) in [4.78, 5) is 15.3. The maximum atomic E-state index is 12.1. The molecule has 1 aromatic heterocycles. The fraction of sp³-hybridized carbons (Fsp3) is 0.643. The van der Waals surface area contributed by atoms with Gasteiger partial charge in [0.1, 0.15) is 0 Å². The van der Waals surface area contributed by atoms with Gasteiger partial charge in [-0.3, -0.25) is 4.79 Å². The van der Waals surface area contributed by atoms with Crippen molar-refractivity contribution in [2.24, 2.45) is 0 Å². The molecule has 1 aromatic rings. The molecule has 1 aliphatic rings. The van der Waals surface area contributed by atoms with Gasteiger partial charge in [-0.2, -0.15) is 0 Å². The summed E-state index contributed by atoms with van der Waals surface area (Å²) in [5, 5.41) is 5.02. The fourth-order valence-corrected chi connectivity index (χ4v) is 3.05. The number of amides is 1. The highest BCUT2D eigenvalue weighted by atomic mass is 32.1. The van der Waals surface area contributed by atoms with E-state index in [1.165, 1.54) is 24.2 Å². The molecule has 2 rings (SSSR count). The number of carbonyl (C=O) groups is 1. The van der Waals surface area contributed by atoms with Crippen molar-refractivity contribution >= 4 is 17.2 Å². The molecule has 1 aliphatic carbocycles. The molecule has 1 heterocycles. The summed E-state index contributed by atoms with van der Waals surface area (Å²) >= 11 is 1.54. The van der Waals surface area contributed by atoms with E-state index < -0.39 is 0 Å². The van der Waals surface area contributed by atoms with Gasteiger partial charge in [0.25, 0.3) is 5.91 Å². The summed E-state index contributed by atoms with van der Waals surface area (Å²) in [6.07, 6.45) is 2.62. The van der Waals surface area contributed by atoms with Crippen LogP contribution in [0.1, 0.15) is 47.8 Å². The quantitative estimate of drug-likeness (QED) is 0.858. The number of hydrogen-bond donors (Lipinski definition) is 1. The molecular weight excluding hydrogens is 244 g/mol. The molecule has 18 heavy (non-hydrogen) atoms. The van der Waals surface area contributed by atoms with Crippen LogP contribution in [0.3, 0.4) is 0 Å². The lowest BCUT2D eigenvalue weighted by atomic mass is 10.0. The largest absolute Gasteiger partial charge is 0.350 e. The molecule has 0 atom stereocenters. The first-order valence-corrected chi connectivity index (χ1v) is 7.53. The number of nitrogens with one attached hydrogen (secondary N) is 1. The zero-order valence-corrected chi connectivity index (χ0v) is 12.2. The maximum Gasteiger partial charge on any atom is 0.261 e. The van der Waals surface area contributed by atoms with Crippen molar-refractivity contribution in [3.8, 4) is 0 Å². The molecule has 100 valence electrons. The Morgan fingerprint density at radius 3 is 2.89 bits per heavy atom. The number of hydrogen-bond acceptors (Lipinski definition) is 3. The Morgan fingerprint density at radius 2 is 2.28 bits per heavy atom. The predicted octanol–water partition coefficient (Wildman–Crippen LogP) is 2.70. The number of rotatable bonds is 6. The van der Waals surface area contributed by atoms with E-state index in [-0.39, 0.29) is 5.91 Å². The highest BCUT2D eigenvalue weighted by molar-refractivity contribution is 7.12. The molecule has 3 nitrogen and oxygen atoms in total. The molecule has 0 bridgehead atoms. The molecule has 0 spiro atoms. The highest BCUT2D eigenvalue weighted by Gasteiger charge is 2.25. The lowest BCUT2D eigenvalue weighted by molar-refractivity contribution is 0.0952. The minimum atomic E-state index is 0.0814. The van der Waals surface area contributed by atoms with Crippen LogP contribution < -0.4 is 5.32 Å². The molecule has 0 aliphatic heterocycles. The summed E-state index contributed by atoms with van der Waals surface area (Å²) in [6.45, 7) is 5.93. The molecule has 1 amide bonds. The van der Waals surface area contributed by atoms with Crippen LogP contribution in [0.2, 0.25) is 0 Å². The van der Waals surface area contributed by atoms with Crippen LogP contribution in [0.25, 0.3) is 0 Å². The second-order valence-corrected chi connectivity index (χ2v) is 6.24. The van der Waals surface area contributed by atoms with E-state index in [9.17, 15) is 4.79 Å². The topological polar surface area (TPSA) is 32.3 Å². The molecule has 0 aromatic carbocycles. The van der Waals surface area contributed by atoms with Gasteiger partial charge in [0, 0.05) is 19.1 Å². The van der Waals surface area contributed by atoms with Gasteiger partial charge in [-0.1, -0.05) is 13.8 Å². The predicted molar refractivity (Wildman–Crippen MR) is 76.4 cm³/mol. The SMILES string of the molecule is CC(C)c1ccsc1C(=O)NCCN(C)C1CC1. The van der Waals surface area contributed by atoms with E-state index in [1.807, 2.05) is 5.38 Å². The monoisotopic (exact) mass is 266 g/mol. The summed E-state index contributed by atoms with van der Waals surface area (Å²) in [5.41, 5.74) is 1.16. The normalized spacial score (nSPS) is 15.4. The van der Waals surface area contributed by atoms with Gasteiger partial charge >= 0.3 is 0 Å². The van der Waals surface area contributed by atoms with Gasteiger partial charge in [0.2, 0.25) is 0 Å². The van der Waals surface area contributed by atoms with E-state index >= 15 is 0 Å². The van der Waals surface area contributed by atoms with Crippen LogP contribution in [0.4, 0.5) is 0 Å². The van der Waals surface area contributed by atoms with Crippen LogP contribution >= 0.6 is 11.3 Å². The zero-order chi connectivity index (χ0) is 13.1. The third-order valence-electron chi connectivity index (χ3n) is 3.44. The van der Waals surface area contributed by atoms with Gasteiger partial charge in [-0.25, -0.2) is 0 Å². The second-order valence-electron chi connectivity index (χ2n) is 5.33. The van der Waals surface area contributed by atoms with E-state index in [2.05, 4.69) is 37.2 Å². The van der Waals surface area contributed by atoms with Gasteiger partial charge in [0.05, 0.1) is 4.88 Å². The summed E-state index contributed by atoms with van der Waals surface area (Å²) in [5.74, 6) is 0.490. The third-order valence-corrected chi connectivity index (χ3v) is 4.37. The Labute approximate surface area is 113 Å². The lowest BCUT2D eigenvalue weighted by Gasteiger charge is -2.15. The van der Waals surface area contributed by atoms with Crippen LogP contribution in [0, 0.1) is 0 Å². The Balaban J connectivity index is 1.81. The molecule has 0 saturated heterocycles. The van der Waals surface area contributed by atoms with E-state index in [0.717, 1.165) is 29.6 Å². The molecule has 4 heteroatoms. The average Bonchev–Trinajstić information content (AvgIpc) is 3.05. The Hall–Kier alpha value is -0.870. The van der Waals surface area contributed by atoms with E-state index in [4.69, 9.17) is 0 Å². The first-order valence-electron chi connectivity index (χ1n) is 6.65. The Bertz CT molecular complexity index is 410. The Morgan fingerprint density at radius 1 is 1.56 bits per heavy atom. The third kappa shape index (κ3) is 3.33. The standard InChI is InChI=1S/C14H22N2OS/c1-10(2)12-6-9-18-13(12)14(17)15-7-8-16(3)11-4-5-11/h6,9-11H,4-5,7-8H2,1-3H3,(H,15,17). The first-order chi connectivity index (χ1) is 8.59. The van der Waals surface area contributed by atoms with Crippen LogP contribution in [-0.4, -0.2) is 37.0 Å². The van der Waals surface area contributed by atoms with Crippen LogP contribution in [-0.2, 0) is 0 Å². The minimum Gasteiger partial charge on any atom is -0.350 e. The molecule has 1 saturated carbocycles.